The van der Waals surface area contributed by atoms with Gasteiger partial charge in [-0.25, -0.2) is 18.7 Å². The second kappa shape index (κ2) is 7.61. The number of piperidine rings is 1. The monoisotopic (exact) mass is 497 g/mol. The molecule has 4 saturated carbocycles. The number of aliphatic hydroxyl groups excluding tert-OH is 1. The van der Waals surface area contributed by atoms with Crippen LogP contribution in [0.25, 0.3) is 11.3 Å². The Morgan fingerprint density at radius 2 is 1.80 bits per heavy atom. The lowest BCUT2D eigenvalue weighted by Crippen LogP contribution is -2.46. The summed E-state index contributed by atoms with van der Waals surface area (Å²) in [7, 11) is 0. The normalized spacial score (nSPS) is 31.4. The van der Waals surface area contributed by atoms with Crippen molar-refractivity contribution >= 4 is 5.82 Å². The van der Waals surface area contributed by atoms with Crippen LogP contribution in [-0.4, -0.2) is 49.6 Å². The minimum atomic E-state index is -4.64. The highest BCUT2D eigenvalue weighted by atomic mass is 19.4. The maximum Gasteiger partial charge on any atom is 0.419 e. The molecule has 5 fully saturated rings. The van der Waals surface area contributed by atoms with Crippen LogP contribution in [0.4, 0.5) is 27.8 Å². The number of rotatable bonds is 5. The van der Waals surface area contributed by atoms with Gasteiger partial charge in [0, 0.05) is 55.5 Å². The summed E-state index contributed by atoms with van der Waals surface area (Å²) in [4.78, 5) is 10.5. The van der Waals surface area contributed by atoms with Crippen molar-refractivity contribution in [2.24, 2.45) is 11.8 Å². The molecule has 11 heteroatoms. The van der Waals surface area contributed by atoms with Crippen LogP contribution in [0.3, 0.4) is 0 Å². The number of nitrogens with zero attached hydrogens (tertiary/aromatic N) is 4. The minimum Gasteiger partial charge on any atom is -0.385 e. The van der Waals surface area contributed by atoms with Gasteiger partial charge in [-0.2, -0.15) is 13.2 Å². The van der Waals surface area contributed by atoms with Crippen molar-refractivity contribution in [3.63, 3.8) is 0 Å². The molecule has 35 heavy (non-hydrogen) atoms. The van der Waals surface area contributed by atoms with Crippen molar-refractivity contribution in [3.8, 4) is 11.3 Å². The molecule has 4 aliphatic carbocycles. The van der Waals surface area contributed by atoms with Gasteiger partial charge in [-0.15, -0.1) is 0 Å². The molecule has 2 bridgehead atoms. The van der Waals surface area contributed by atoms with E-state index in [2.05, 4.69) is 14.9 Å². The van der Waals surface area contributed by atoms with Gasteiger partial charge in [0.2, 0.25) is 0 Å². The number of pyridine rings is 1. The van der Waals surface area contributed by atoms with Crippen molar-refractivity contribution in [1.82, 2.24) is 19.4 Å². The van der Waals surface area contributed by atoms with Crippen molar-refractivity contribution in [2.45, 2.75) is 74.7 Å². The molecule has 1 saturated heterocycles. The van der Waals surface area contributed by atoms with Crippen LogP contribution in [0, 0.1) is 11.8 Å². The highest BCUT2D eigenvalue weighted by molar-refractivity contribution is 5.62. The molecule has 2 atom stereocenters. The van der Waals surface area contributed by atoms with E-state index >= 15 is 0 Å². The third-order valence-electron chi connectivity index (χ3n) is 8.51. The van der Waals surface area contributed by atoms with Gasteiger partial charge in [0.25, 0.3) is 5.92 Å². The topological polar surface area (TPSA) is 80.2 Å². The average molecular weight is 498 g/mol. The Kier molecular flexibility index (Phi) is 5.04. The third-order valence-corrected chi connectivity index (χ3v) is 8.51. The van der Waals surface area contributed by atoms with Gasteiger partial charge in [0.15, 0.2) is 0 Å². The van der Waals surface area contributed by atoms with E-state index in [9.17, 15) is 27.1 Å². The number of imidazole rings is 1. The first kappa shape index (κ1) is 23.1. The van der Waals surface area contributed by atoms with Crippen LogP contribution >= 0.6 is 0 Å². The highest BCUT2D eigenvalue weighted by Gasteiger charge is 2.60. The molecule has 190 valence electrons. The molecular weight excluding hydrogens is 469 g/mol. The fraction of sp³-hybridized carbons (Fsp3) is 0.667. The summed E-state index contributed by atoms with van der Waals surface area (Å²) < 4.78 is 69.6. The number of hydrogen-bond donors (Lipinski definition) is 2. The molecule has 6 nitrogen and oxygen atoms in total. The van der Waals surface area contributed by atoms with Gasteiger partial charge in [-0.05, 0) is 50.0 Å². The van der Waals surface area contributed by atoms with Crippen molar-refractivity contribution in [1.29, 1.82) is 0 Å². The fourth-order valence-electron chi connectivity index (χ4n) is 6.40. The number of nitrogens with two attached hydrogens (primary N) is 1. The van der Waals surface area contributed by atoms with Crippen LogP contribution in [0.5, 0.6) is 0 Å². The quantitative estimate of drug-likeness (QED) is 0.591. The standard InChI is InChI=1S/C24H28F5N5O/c25-23(26)3-5-33(6-4-23)18-10-22(8-15(18)9-22)34-12-17(32-21(34)19(35)13-1-2-13)14-7-16(24(27,28)29)20(30)31-11-14/h7,11-13,15,18-19,35H,1-6,8-10H2,(H2,30,31)/t15?,18-,19?,22?/m0/s1. The molecule has 2 aromatic heterocycles. The predicted octanol–water partition coefficient (Wildman–Crippen LogP) is 4.60. The van der Waals surface area contributed by atoms with Crippen LogP contribution < -0.4 is 5.73 Å². The summed E-state index contributed by atoms with van der Waals surface area (Å²) in [5, 5.41) is 11.0. The zero-order valence-corrected chi connectivity index (χ0v) is 19.1. The van der Waals surface area contributed by atoms with Crippen LogP contribution in [0.15, 0.2) is 18.5 Å². The van der Waals surface area contributed by atoms with E-state index in [4.69, 9.17) is 5.73 Å². The van der Waals surface area contributed by atoms with Crippen LogP contribution in [0.2, 0.25) is 0 Å². The first-order valence-electron chi connectivity index (χ1n) is 12.2. The highest BCUT2D eigenvalue weighted by Crippen LogP contribution is 2.60. The lowest BCUT2D eigenvalue weighted by Gasteiger charge is -2.42. The summed E-state index contributed by atoms with van der Waals surface area (Å²) in [5.41, 5.74) is 4.65. The Hall–Kier alpha value is -2.27. The lowest BCUT2D eigenvalue weighted by molar-refractivity contribution is -0.137. The predicted molar refractivity (Wildman–Crippen MR) is 117 cm³/mol. The van der Waals surface area contributed by atoms with E-state index in [0.717, 1.165) is 38.2 Å². The summed E-state index contributed by atoms with van der Waals surface area (Å²) >= 11 is 0. The summed E-state index contributed by atoms with van der Waals surface area (Å²) in [6.45, 7) is 0.739. The zero-order chi connectivity index (χ0) is 24.8. The van der Waals surface area contributed by atoms with Crippen LogP contribution in [-0.2, 0) is 11.7 Å². The molecule has 0 aromatic carbocycles. The van der Waals surface area contributed by atoms with E-state index in [0.29, 0.717) is 30.5 Å². The summed E-state index contributed by atoms with van der Waals surface area (Å²) in [6.07, 6.45) is 1.52. The molecule has 1 unspecified atom stereocenters. The second-order valence-corrected chi connectivity index (χ2v) is 10.8. The average Bonchev–Trinajstić information content (AvgIpc) is 3.25. The van der Waals surface area contributed by atoms with Crippen molar-refractivity contribution < 1.29 is 27.1 Å². The summed E-state index contributed by atoms with van der Waals surface area (Å²) in [6, 6.07) is 1.15. The number of aliphatic hydroxyl groups is 1. The molecule has 3 N–H and O–H groups in total. The van der Waals surface area contributed by atoms with Gasteiger partial charge < -0.3 is 15.4 Å². The number of fused-ring (bicyclic) bond motifs is 1. The Labute approximate surface area is 199 Å². The van der Waals surface area contributed by atoms with E-state index < -0.39 is 29.6 Å². The number of likely N-dealkylation sites (tertiary alicyclic amines) is 1. The SMILES string of the molecule is Nc1ncc(-c2cn(C34CC(C3)[C@@H](N3CCC(F)(F)CC3)C4)c(C(O)C3CC3)n2)cc1C(F)(F)F. The van der Waals surface area contributed by atoms with E-state index in [1.165, 1.54) is 6.20 Å². The molecule has 0 amide bonds. The first-order valence-corrected chi connectivity index (χ1v) is 12.2. The maximum absolute atomic E-state index is 13.7. The maximum atomic E-state index is 13.7. The molecule has 2 aromatic rings. The van der Waals surface area contributed by atoms with Gasteiger partial charge in [0.05, 0.1) is 11.3 Å². The Morgan fingerprint density at radius 1 is 1.11 bits per heavy atom. The Bertz CT molecular complexity index is 1130. The second-order valence-electron chi connectivity index (χ2n) is 10.8. The number of halogens is 5. The van der Waals surface area contributed by atoms with Crippen LogP contribution in [0.1, 0.15) is 62.4 Å². The smallest absolute Gasteiger partial charge is 0.385 e. The van der Waals surface area contributed by atoms with Gasteiger partial charge in [0.1, 0.15) is 17.7 Å². The van der Waals surface area contributed by atoms with E-state index in [1.54, 1.807) is 6.20 Å². The number of nitrogen functional groups attached to an aromatic ring is 1. The van der Waals surface area contributed by atoms with Gasteiger partial charge in [-0.1, -0.05) is 0 Å². The first-order chi connectivity index (χ1) is 16.5. The number of alkyl halides is 5. The fourth-order valence-corrected chi connectivity index (χ4v) is 6.40. The lowest BCUT2D eigenvalue weighted by atomic mass is 9.76. The molecule has 1 aliphatic heterocycles. The van der Waals surface area contributed by atoms with Gasteiger partial charge in [-0.3, -0.25) is 4.90 Å². The molecule has 7 rings (SSSR count). The summed E-state index contributed by atoms with van der Waals surface area (Å²) in [5.74, 6) is -2.25. The van der Waals surface area contributed by atoms with Crippen molar-refractivity contribution in [3.05, 3.63) is 29.8 Å². The zero-order valence-electron chi connectivity index (χ0n) is 19.1. The number of anilines is 1. The largest absolute Gasteiger partial charge is 0.419 e. The molecular formula is C24H28F5N5O. The van der Waals surface area contributed by atoms with Gasteiger partial charge >= 0.3 is 6.18 Å². The minimum absolute atomic E-state index is 0.0908. The van der Waals surface area contributed by atoms with E-state index in [-0.39, 0.29) is 35.9 Å². The molecule has 0 radical (unpaired) electrons. The Morgan fingerprint density at radius 3 is 2.43 bits per heavy atom. The third kappa shape index (κ3) is 3.91. The Balaban J connectivity index is 1.32. The van der Waals surface area contributed by atoms with E-state index in [1.807, 2.05) is 4.57 Å². The molecule has 3 heterocycles. The molecule has 5 aliphatic rings. The van der Waals surface area contributed by atoms with Crippen molar-refractivity contribution in [2.75, 3.05) is 18.8 Å². The number of hydrogen-bond acceptors (Lipinski definition) is 5. The molecule has 0 spiro atoms. The number of aromatic nitrogens is 3.